The van der Waals surface area contributed by atoms with E-state index in [2.05, 4.69) is 5.32 Å². The predicted octanol–water partition coefficient (Wildman–Crippen LogP) is 2.84. The van der Waals surface area contributed by atoms with Crippen LogP contribution in [0.5, 0.6) is 5.75 Å². The zero-order valence-corrected chi connectivity index (χ0v) is 15.3. The number of carbonyl (C=O) groups excluding carboxylic acids is 3. The van der Waals surface area contributed by atoms with Crippen molar-refractivity contribution in [1.82, 2.24) is 0 Å². The number of thioether (sulfide) groups is 1. The normalized spacial score (nSPS) is 16.5. The number of benzene rings is 2. The molecular formula is C19H17FN2O4S. The first-order valence-electron chi connectivity index (χ1n) is 8.16. The molecule has 0 unspecified atom stereocenters. The second kappa shape index (κ2) is 8.22. The van der Waals surface area contributed by atoms with Gasteiger partial charge in [0.1, 0.15) is 11.6 Å². The third-order valence-corrected chi connectivity index (χ3v) is 5.16. The van der Waals surface area contributed by atoms with E-state index < -0.39 is 11.1 Å². The van der Waals surface area contributed by atoms with Crippen LogP contribution in [-0.2, 0) is 14.4 Å². The molecule has 2 aromatic carbocycles. The molecule has 0 spiro atoms. The van der Waals surface area contributed by atoms with Gasteiger partial charge in [-0.15, -0.1) is 11.8 Å². The van der Waals surface area contributed by atoms with E-state index in [0.717, 1.165) is 16.7 Å². The summed E-state index contributed by atoms with van der Waals surface area (Å²) in [6.07, 6.45) is 0.0323. The highest BCUT2D eigenvalue weighted by Crippen LogP contribution is 2.31. The summed E-state index contributed by atoms with van der Waals surface area (Å²) in [6, 6.07) is 12.1. The standard InChI is InChI=1S/C19H17FN2O4S/c1-26-15-4-2-3-14(9-15)22-18(24)10-16(19(22)25)27-11-17(23)21-13-7-5-12(20)6-8-13/h2-9,16H,10-11H2,1H3,(H,21,23)/t16-/m1/s1. The monoisotopic (exact) mass is 388 g/mol. The Hall–Kier alpha value is -2.87. The Balaban J connectivity index is 1.59. The first kappa shape index (κ1) is 18.9. The Kier molecular flexibility index (Phi) is 5.75. The van der Waals surface area contributed by atoms with E-state index in [9.17, 15) is 18.8 Å². The summed E-state index contributed by atoms with van der Waals surface area (Å²) in [7, 11) is 1.51. The van der Waals surface area contributed by atoms with Crippen molar-refractivity contribution in [3.63, 3.8) is 0 Å². The lowest BCUT2D eigenvalue weighted by molar-refractivity contribution is -0.121. The van der Waals surface area contributed by atoms with Crippen molar-refractivity contribution in [3.05, 3.63) is 54.3 Å². The van der Waals surface area contributed by atoms with E-state index in [0.29, 0.717) is 17.1 Å². The number of hydrogen-bond acceptors (Lipinski definition) is 5. The number of hydrogen-bond donors (Lipinski definition) is 1. The number of rotatable bonds is 6. The Morgan fingerprint density at radius 2 is 2.00 bits per heavy atom. The maximum absolute atomic E-state index is 12.9. The average molecular weight is 388 g/mol. The number of halogens is 1. The largest absolute Gasteiger partial charge is 0.497 e. The molecule has 1 aliphatic rings. The zero-order valence-electron chi connectivity index (χ0n) is 14.5. The van der Waals surface area contributed by atoms with Gasteiger partial charge in [0.25, 0.3) is 0 Å². The van der Waals surface area contributed by atoms with Crippen LogP contribution < -0.4 is 15.0 Å². The molecule has 8 heteroatoms. The van der Waals surface area contributed by atoms with Crippen molar-refractivity contribution in [2.24, 2.45) is 0 Å². The molecule has 0 bridgehead atoms. The molecule has 0 aliphatic carbocycles. The lowest BCUT2D eigenvalue weighted by Crippen LogP contribution is -2.31. The fraction of sp³-hybridized carbons (Fsp3) is 0.211. The number of methoxy groups -OCH3 is 1. The van der Waals surface area contributed by atoms with E-state index in [1.807, 2.05) is 0 Å². The van der Waals surface area contributed by atoms with Gasteiger partial charge in [-0.3, -0.25) is 14.4 Å². The molecule has 1 heterocycles. The third-order valence-electron chi connectivity index (χ3n) is 3.96. The molecular weight excluding hydrogens is 371 g/mol. The molecule has 1 aliphatic heterocycles. The minimum atomic E-state index is -0.623. The van der Waals surface area contributed by atoms with Gasteiger partial charge in [-0.05, 0) is 36.4 Å². The molecule has 3 rings (SSSR count). The quantitative estimate of drug-likeness (QED) is 0.770. The lowest BCUT2D eigenvalue weighted by Gasteiger charge is -2.15. The van der Waals surface area contributed by atoms with Gasteiger partial charge < -0.3 is 10.1 Å². The van der Waals surface area contributed by atoms with Crippen LogP contribution in [0.3, 0.4) is 0 Å². The maximum Gasteiger partial charge on any atom is 0.247 e. The van der Waals surface area contributed by atoms with Crippen molar-refractivity contribution >= 4 is 40.9 Å². The van der Waals surface area contributed by atoms with Crippen molar-refractivity contribution < 1.29 is 23.5 Å². The van der Waals surface area contributed by atoms with Gasteiger partial charge in [0, 0.05) is 18.2 Å². The topological polar surface area (TPSA) is 75.7 Å². The van der Waals surface area contributed by atoms with Gasteiger partial charge in [0.2, 0.25) is 17.7 Å². The van der Waals surface area contributed by atoms with Crippen LogP contribution in [-0.4, -0.2) is 35.8 Å². The minimum Gasteiger partial charge on any atom is -0.497 e. The zero-order chi connectivity index (χ0) is 19.4. The number of anilines is 2. The van der Waals surface area contributed by atoms with Crippen LogP contribution in [0.4, 0.5) is 15.8 Å². The average Bonchev–Trinajstić information content (AvgIpc) is 2.95. The summed E-state index contributed by atoms with van der Waals surface area (Å²) in [5.74, 6) is -0.838. The van der Waals surface area contributed by atoms with Crippen molar-refractivity contribution in [2.75, 3.05) is 23.1 Å². The van der Waals surface area contributed by atoms with Gasteiger partial charge in [0.15, 0.2) is 0 Å². The number of carbonyl (C=O) groups is 3. The highest BCUT2D eigenvalue weighted by Gasteiger charge is 2.40. The van der Waals surface area contributed by atoms with Crippen LogP contribution in [0.2, 0.25) is 0 Å². The molecule has 6 nitrogen and oxygen atoms in total. The van der Waals surface area contributed by atoms with Crippen LogP contribution in [0, 0.1) is 5.82 Å². The Morgan fingerprint density at radius 3 is 2.70 bits per heavy atom. The fourth-order valence-corrected chi connectivity index (χ4v) is 3.59. The smallest absolute Gasteiger partial charge is 0.247 e. The number of nitrogens with one attached hydrogen (secondary N) is 1. The number of ether oxygens (including phenoxy) is 1. The summed E-state index contributed by atoms with van der Waals surface area (Å²) < 4.78 is 18.0. The number of amides is 3. The van der Waals surface area contributed by atoms with Gasteiger partial charge in [-0.1, -0.05) is 6.07 Å². The van der Waals surface area contributed by atoms with Gasteiger partial charge in [0.05, 0.1) is 23.8 Å². The summed E-state index contributed by atoms with van der Waals surface area (Å²) in [4.78, 5) is 38.0. The van der Waals surface area contributed by atoms with Crippen LogP contribution >= 0.6 is 11.8 Å². The van der Waals surface area contributed by atoms with Crippen molar-refractivity contribution in [3.8, 4) is 5.75 Å². The SMILES string of the molecule is COc1cccc(N2C(=O)C[C@@H](SCC(=O)Nc3ccc(F)cc3)C2=O)c1. The Labute approximate surface area is 159 Å². The van der Waals surface area contributed by atoms with E-state index in [4.69, 9.17) is 4.74 Å². The fourth-order valence-electron chi connectivity index (χ4n) is 2.66. The Morgan fingerprint density at radius 1 is 1.26 bits per heavy atom. The van der Waals surface area contributed by atoms with E-state index >= 15 is 0 Å². The molecule has 0 aromatic heterocycles. The molecule has 0 radical (unpaired) electrons. The number of nitrogens with zero attached hydrogens (tertiary/aromatic N) is 1. The molecule has 1 fully saturated rings. The highest BCUT2D eigenvalue weighted by molar-refractivity contribution is 8.01. The molecule has 1 N–H and O–H groups in total. The molecule has 2 aromatic rings. The van der Waals surface area contributed by atoms with Crippen molar-refractivity contribution in [2.45, 2.75) is 11.7 Å². The maximum atomic E-state index is 12.9. The van der Waals surface area contributed by atoms with Gasteiger partial charge >= 0.3 is 0 Å². The molecule has 1 saturated heterocycles. The first-order chi connectivity index (χ1) is 13.0. The van der Waals surface area contributed by atoms with E-state index in [-0.39, 0.29) is 29.9 Å². The van der Waals surface area contributed by atoms with E-state index in [1.54, 1.807) is 24.3 Å². The summed E-state index contributed by atoms with van der Waals surface area (Å²) in [5, 5.41) is 2.00. The van der Waals surface area contributed by atoms with Crippen LogP contribution in [0.15, 0.2) is 48.5 Å². The first-order valence-corrected chi connectivity index (χ1v) is 9.20. The predicted molar refractivity (Wildman–Crippen MR) is 101 cm³/mol. The van der Waals surface area contributed by atoms with E-state index in [1.165, 1.54) is 31.4 Å². The second-order valence-electron chi connectivity index (χ2n) is 5.83. The second-order valence-corrected chi connectivity index (χ2v) is 7.02. The molecule has 27 heavy (non-hydrogen) atoms. The van der Waals surface area contributed by atoms with Gasteiger partial charge in [-0.25, -0.2) is 9.29 Å². The van der Waals surface area contributed by atoms with Crippen LogP contribution in [0.25, 0.3) is 0 Å². The molecule has 1 atom stereocenters. The van der Waals surface area contributed by atoms with Crippen molar-refractivity contribution in [1.29, 1.82) is 0 Å². The number of imide groups is 1. The Bertz CT molecular complexity index is 872. The minimum absolute atomic E-state index is 0.00696. The summed E-state index contributed by atoms with van der Waals surface area (Å²) in [6.45, 7) is 0. The van der Waals surface area contributed by atoms with Gasteiger partial charge in [-0.2, -0.15) is 0 Å². The molecule has 140 valence electrons. The molecule has 3 amide bonds. The summed E-state index contributed by atoms with van der Waals surface area (Å²) in [5.41, 5.74) is 0.914. The lowest BCUT2D eigenvalue weighted by atomic mass is 10.3. The highest BCUT2D eigenvalue weighted by atomic mass is 32.2. The van der Waals surface area contributed by atoms with Crippen LogP contribution in [0.1, 0.15) is 6.42 Å². The summed E-state index contributed by atoms with van der Waals surface area (Å²) >= 11 is 1.11. The molecule has 0 saturated carbocycles. The third kappa shape index (κ3) is 4.46.